The fraction of sp³-hybridized carbons (Fsp3) is 0.261. The zero-order valence-corrected chi connectivity index (χ0v) is 17.0. The third-order valence-electron chi connectivity index (χ3n) is 5.46. The van der Waals surface area contributed by atoms with Crippen molar-refractivity contribution in [1.82, 2.24) is 20.5 Å². The number of piperidine rings is 1. The Hall–Kier alpha value is -3.39. The van der Waals surface area contributed by atoms with Gasteiger partial charge in [-0.1, -0.05) is 18.2 Å². The van der Waals surface area contributed by atoms with Crippen LogP contribution >= 0.6 is 0 Å². The van der Waals surface area contributed by atoms with Gasteiger partial charge in [0, 0.05) is 17.5 Å². The second-order valence-electron chi connectivity index (χ2n) is 7.72. The summed E-state index contributed by atoms with van der Waals surface area (Å²) in [6.07, 6.45) is 6.13. The van der Waals surface area contributed by atoms with E-state index in [0.29, 0.717) is 17.3 Å². The lowest BCUT2D eigenvalue weighted by atomic mass is 9.94. The Bertz CT molecular complexity index is 1100. The molecule has 2 heterocycles. The van der Waals surface area contributed by atoms with E-state index in [1.54, 1.807) is 24.3 Å². The van der Waals surface area contributed by atoms with Gasteiger partial charge in [0.25, 0.3) is 0 Å². The van der Waals surface area contributed by atoms with E-state index in [1.165, 1.54) is 24.3 Å². The Kier molecular flexibility index (Phi) is 6.18. The number of nitrogens with two attached hydrogens (primary N) is 1. The van der Waals surface area contributed by atoms with Crippen molar-refractivity contribution < 1.29 is 8.78 Å². The predicted octanol–water partition coefficient (Wildman–Crippen LogP) is 3.96. The van der Waals surface area contributed by atoms with Crippen LogP contribution in [0.25, 0.3) is 17.5 Å². The number of nitrogens with zero attached hydrogens (tertiary/aromatic N) is 2. The highest BCUT2D eigenvalue weighted by atomic mass is 19.1. The molecule has 2 aromatic carbocycles. The zero-order chi connectivity index (χ0) is 21.8. The first-order valence-corrected chi connectivity index (χ1v) is 10.2. The largest absolute Gasteiger partial charge is 0.396 e. The third kappa shape index (κ3) is 5.03. The van der Waals surface area contributed by atoms with E-state index in [2.05, 4.69) is 20.5 Å². The van der Waals surface area contributed by atoms with Gasteiger partial charge in [-0.3, -0.25) is 5.10 Å². The van der Waals surface area contributed by atoms with E-state index in [4.69, 9.17) is 11.1 Å². The fourth-order valence-corrected chi connectivity index (χ4v) is 3.69. The fourth-order valence-electron chi connectivity index (χ4n) is 3.69. The number of nitrogens with one attached hydrogen (secondary N) is 3. The average molecular weight is 422 g/mol. The van der Waals surface area contributed by atoms with E-state index >= 15 is 0 Å². The first kappa shape index (κ1) is 20.9. The molecule has 3 aromatic rings. The lowest BCUT2D eigenvalue weighted by molar-refractivity contribution is 0.367. The van der Waals surface area contributed by atoms with Crippen molar-refractivity contribution >= 4 is 17.5 Å². The van der Waals surface area contributed by atoms with Crippen molar-refractivity contribution in [3.63, 3.8) is 0 Å². The van der Waals surface area contributed by atoms with Crippen LogP contribution in [-0.4, -0.2) is 34.0 Å². The summed E-state index contributed by atoms with van der Waals surface area (Å²) in [6, 6.07) is 8.76. The van der Waals surface area contributed by atoms with Crippen molar-refractivity contribution in [3.8, 4) is 11.4 Å². The molecule has 1 aliphatic rings. The molecule has 1 aromatic heterocycles. The molecule has 0 spiro atoms. The van der Waals surface area contributed by atoms with Gasteiger partial charge in [0.05, 0.1) is 11.4 Å². The molecule has 0 atom stereocenters. The summed E-state index contributed by atoms with van der Waals surface area (Å²) in [6.45, 7) is 2.01. The highest BCUT2D eigenvalue weighted by Crippen LogP contribution is 2.26. The van der Waals surface area contributed by atoms with Gasteiger partial charge in [0.15, 0.2) is 5.82 Å². The summed E-state index contributed by atoms with van der Waals surface area (Å²) in [7, 11) is 0. The number of aromatic amines is 1. The molecule has 0 aliphatic carbocycles. The standard InChI is InChI=1S/C23H24F2N6/c24-17-4-1-14(2-5-17)3-6-20(26)18-12-16(13-19(25)22(18)27)23-29-21(30-31-23)11-15-7-9-28-10-8-15/h1-6,12-13,15,26,28H,7-11,27H2,(H,29,30,31)/b6-3+,26-20?. The minimum Gasteiger partial charge on any atom is -0.396 e. The van der Waals surface area contributed by atoms with Gasteiger partial charge in [0.2, 0.25) is 0 Å². The number of halogens is 2. The maximum Gasteiger partial charge on any atom is 0.181 e. The number of rotatable bonds is 6. The summed E-state index contributed by atoms with van der Waals surface area (Å²) in [4.78, 5) is 4.53. The molecule has 0 unspecified atom stereocenters. The molecule has 31 heavy (non-hydrogen) atoms. The Balaban J connectivity index is 1.55. The number of nitrogen functional groups attached to an aromatic ring is 1. The van der Waals surface area contributed by atoms with Crippen molar-refractivity contribution in [3.05, 3.63) is 71.1 Å². The molecule has 6 nitrogen and oxygen atoms in total. The van der Waals surface area contributed by atoms with Crippen molar-refractivity contribution in [1.29, 1.82) is 5.41 Å². The molecule has 0 radical (unpaired) electrons. The van der Waals surface area contributed by atoms with Gasteiger partial charge < -0.3 is 16.5 Å². The highest BCUT2D eigenvalue weighted by molar-refractivity contribution is 6.12. The Morgan fingerprint density at radius 3 is 2.65 bits per heavy atom. The number of hydrogen-bond acceptors (Lipinski definition) is 5. The predicted molar refractivity (Wildman–Crippen MR) is 118 cm³/mol. The van der Waals surface area contributed by atoms with Gasteiger partial charge >= 0.3 is 0 Å². The average Bonchev–Trinajstić information content (AvgIpc) is 3.24. The Labute approximate surface area is 179 Å². The first-order chi connectivity index (χ1) is 15.0. The molecule has 1 fully saturated rings. The molecule has 160 valence electrons. The van der Waals surface area contributed by atoms with Gasteiger partial charge in [-0.2, -0.15) is 5.10 Å². The molecule has 0 saturated carbocycles. The maximum absolute atomic E-state index is 14.5. The van der Waals surface area contributed by atoms with Crippen molar-refractivity contribution in [2.24, 2.45) is 5.92 Å². The van der Waals surface area contributed by atoms with E-state index in [1.807, 2.05) is 0 Å². The van der Waals surface area contributed by atoms with E-state index in [0.717, 1.165) is 43.7 Å². The van der Waals surface area contributed by atoms with E-state index in [9.17, 15) is 8.78 Å². The number of benzene rings is 2. The van der Waals surface area contributed by atoms with Gasteiger partial charge in [-0.25, -0.2) is 13.8 Å². The van der Waals surface area contributed by atoms with E-state index in [-0.39, 0.29) is 22.8 Å². The van der Waals surface area contributed by atoms with Gasteiger partial charge in [-0.15, -0.1) is 0 Å². The number of anilines is 1. The number of allylic oxidation sites excluding steroid dienone is 1. The lowest BCUT2D eigenvalue weighted by Crippen LogP contribution is -2.28. The van der Waals surface area contributed by atoms with Crippen LogP contribution < -0.4 is 11.1 Å². The first-order valence-electron chi connectivity index (χ1n) is 10.2. The van der Waals surface area contributed by atoms with E-state index < -0.39 is 5.82 Å². The smallest absolute Gasteiger partial charge is 0.181 e. The topological polar surface area (TPSA) is 103 Å². The maximum atomic E-state index is 14.5. The van der Waals surface area contributed by atoms with Crippen molar-refractivity contribution in [2.75, 3.05) is 18.8 Å². The number of hydrogen-bond donors (Lipinski definition) is 4. The monoisotopic (exact) mass is 422 g/mol. The molecule has 1 aliphatic heterocycles. The SMILES string of the molecule is N=C(/C=C/c1ccc(F)cc1)c1cc(-c2n[nH]c(CC3CCNCC3)n2)cc(F)c1N. The Morgan fingerprint density at radius 2 is 1.90 bits per heavy atom. The quantitative estimate of drug-likeness (QED) is 0.357. The molecular formula is C23H24F2N6. The Morgan fingerprint density at radius 1 is 1.16 bits per heavy atom. The van der Waals surface area contributed by atoms with Gasteiger partial charge in [-0.05, 0) is 67.8 Å². The summed E-state index contributed by atoms with van der Waals surface area (Å²) in [5, 5.41) is 18.9. The highest BCUT2D eigenvalue weighted by Gasteiger charge is 2.18. The van der Waals surface area contributed by atoms with Crippen LogP contribution in [0.5, 0.6) is 0 Å². The summed E-state index contributed by atoms with van der Waals surface area (Å²) in [5.74, 6) is 0.728. The molecule has 4 rings (SSSR count). The molecule has 0 amide bonds. The third-order valence-corrected chi connectivity index (χ3v) is 5.46. The van der Waals surface area contributed by atoms with Crippen molar-refractivity contribution in [2.45, 2.75) is 19.3 Å². The summed E-state index contributed by atoms with van der Waals surface area (Å²) >= 11 is 0. The van der Waals surface area contributed by atoms with Crippen LogP contribution in [0.4, 0.5) is 14.5 Å². The van der Waals surface area contributed by atoms with Crippen LogP contribution in [0.1, 0.15) is 29.8 Å². The minimum absolute atomic E-state index is 0.0352. The molecule has 8 heteroatoms. The molecular weight excluding hydrogens is 398 g/mol. The molecule has 1 saturated heterocycles. The lowest BCUT2D eigenvalue weighted by Gasteiger charge is -2.21. The summed E-state index contributed by atoms with van der Waals surface area (Å²) in [5.41, 5.74) is 7.24. The van der Waals surface area contributed by atoms with Crippen LogP contribution in [0, 0.1) is 23.0 Å². The normalized spacial score (nSPS) is 14.9. The number of aromatic nitrogens is 3. The van der Waals surface area contributed by atoms with Crippen LogP contribution in [0.2, 0.25) is 0 Å². The molecule has 5 N–H and O–H groups in total. The molecule has 0 bridgehead atoms. The number of H-pyrrole nitrogens is 1. The second-order valence-corrected chi connectivity index (χ2v) is 7.72. The minimum atomic E-state index is -0.628. The van der Waals surface area contributed by atoms with Crippen LogP contribution in [-0.2, 0) is 6.42 Å². The second kappa shape index (κ2) is 9.18. The van der Waals surface area contributed by atoms with Crippen LogP contribution in [0.15, 0.2) is 42.5 Å². The zero-order valence-electron chi connectivity index (χ0n) is 17.0. The summed E-state index contributed by atoms with van der Waals surface area (Å²) < 4.78 is 27.6. The van der Waals surface area contributed by atoms with Gasteiger partial charge in [0.1, 0.15) is 17.5 Å². The van der Waals surface area contributed by atoms with Crippen LogP contribution in [0.3, 0.4) is 0 Å².